The summed E-state index contributed by atoms with van der Waals surface area (Å²) in [7, 11) is 9.23. The molecule has 386 valence electrons. The highest BCUT2D eigenvalue weighted by Crippen LogP contribution is 2.49. The van der Waals surface area contributed by atoms with E-state index in [4.69, 9.17) is 46.1 Å². The van der Waals surface area contributed by atoms with Crippen LogP contribution in [0.2, 0.25) is 5.02 Å². The molecular weight excluding hydrogens is 954 g/mol. The second-order valence-electron chi connectivity index (χ2n) is 19.0. The third kappa shape index (κ3) is 16.0. The molecule has 1 aromatic rings. The Bertz CT molecular complexity index is 2080. The van der Waals surface area contributed by atoms with Crippen molar-refractivity contribution >= 4 is 74.6 Å². The van der Waals surface area contributed by atoms with Crippen LogP contribution in [0.4, 0.5) is 10.5 Å². The maximum Gasteiger partial charge on any atom is 0.409 e. The van der Waals surface area contributed by atoms with Crippen molar-refractivity contribution in [2.45, 2.75) is 158 Å². The fourth-order valence-electron chi connectivity index (χ4n) is 8.27. The molecule has 9 atom stereocenters. The van der Waals surface area contributed by atoms with Gasteiger partial charge >= 0.3 is 18.0 Å². The number of carboxylic acids is 1. The van der Waals surface area contributed by atoms with Gasteiger partial charge in [-0.1, -0.05) is 63.9 Å². The number of allylic oxidation sites excluding steroid dienone is 3. The highest BCUT2D eigenvalue weighted by molar-refractivity contribution is 8.77. The third-order valence-corrected chi connectivity index (χ3v) is 16.8. The maximum atomic E-state index is 14.3. The molecule has 4 bridgehead atoms. The van der Waals surface area contributed by atoms with E-state index in [1.54, 1.807) is 73.7 Å². The van der Waals surface area contributed by atoms with Crippen molar-refractivity contribution in [2.75, 3.05) is 45.5 Å². The number of fused-ring (bicyclic) bond motifs is 5. The number of methoxy groups -OCH3 is 2. The van der Waals surface area contributed by atoms with Crippen molar-refractivity contribution in [1.82, 2.24) is 15.5 Å². The minimum atomic E-state index is -1.86. The number of nitrogens with two attached hydrogens (primary N) is 1. The summed E-state index contributed by atoms with van der Waals surface area (Å²) >= 11 is 6.82. The van der Waals surface area contributed by atoms with Crippen LogP contribution in [0.15, 0.2) is 35.9 Å². The fourth-order valence-corrected chi connectivity index (χ4v) is 11.2. The highest BCUT2D eigenvalue weighted by Gasteiger charge is 2.64. The van der Waals surface area contributed by atoms with Crippen LogP contribution in [0.3, 0.4) is 0 Å². The van der Waals surface area contributed by atoms with Gasteiger partial charge in [-0.15, -0.1) is 0 Å². The zero-order valence-corrected chi connectivity index (χ0v) is 43.9. The first-order valence-electron chi connectivity index (χ1n) is 23.3. The number of epoxide rings is 1. The number of benzene rings is 1. The van der Waals surface area contributed by atoms with Gasteiger partial charge in [0.15, 0.2) is 5.72 Å². The summed E-state index contributed by atoms with van der Waals surface area (Å²) in [4.78, 5) is 80.8. The normalized spacial score (nSPS) is 27.3. The van der Waals surface area contributed by atoms with Gasteiger partial charge in [-0.25, -0.2) is 9.59 Å². The molecule has 0 radical (unpaired) electrons. The number of nitrogens with zero attached hydrogens (tertiary/aromatic N) is 2. The number of hydrogen-bond donors (Lipinski definition) is 5. The number of unbranched alkanes of at least 4 members (excludes halogenated alkanes) is 1. The standard InChI is InChI=1S/C48H72ClN5O13S2/c1-28-15-13-17-36(64-10)48(62)27-35(65-45(61)52-48)29(2)42-47(6,67-42)37(26-40(57)54(8)33-24-31(23-28)25-34(63-9)41(33)49)66-44(60)30(3)53(7)39(56)19-20-46(4,5)69-68-22-14-18-38(55)51-21-12-11-16-32(50)43(58)59/h13,15,17,24-25,29-30,32,35-37,42,62H,11-12,14,16,18-23,26-27,50H2,1-10H3,(H,51,55)(H,52,61)(H,58,59)/b17-13+,28-15+/t29-,30+,32+,35+,36-,37+,42+,47+,48+/m1/s1. The van der Waals surface area contributed by atoms with E-state index >= 15 is 0 Å². The molecule has 3 aliphatic rings. The van der Waals surface area contributed by atoms with Crippen LogP contribution >= 0.6 is 33.2 Å². The number of hydrogen-bond acceptors (Lipinski definition) is 15. The Kier molecular flexibility index (Phi) is 21.1. The predicted molar refractivity (Wildman–Crippen MR) is 266 cm³/mol. The van der Waals surface area contributed by atoms with Crippen molar-refractivity contribution in [3.05, 3.63) is 46.5 Å². The van der Waals surface area contributed by atoms with E-state index in [1.807, 2.05) is 26.8 Å². The number of likely N-dealkylation sites (N-methyl/N-ethyl adjacent to an activating group) is 1. The van der Waals surface area contributed by atoms with Crippen molar-refractivity contribution in [3.8, 4) is 5.75 Å². The van der Waals surface area contributed by atoms with Crippen LogP contribution < -0.4 is 26.0 Å². The molecule has 1 aromatic carbocycles. The summed E-state index contributed by atoms with van der Waals surface area (Å²) in [6.45, 7) is 11.5. The molecule has 4 rings (SSSR count). The number of nitrogens with one attached hydrogen (secondary N) is 2. The second-order valence-corrected chi connectivity index (χ2v) is 22.5. The zero-order valence-electron chi connectivity index (χ0n) is 41.5. The lowest BCUT2D eigenvalue weighted by Crippen LogP contribution is -2.63. The Morgan fingerprint density at radius 1 is 1.16 bits per heavy atom. The number of ether oxygens (including phenoxy) is 5. The summed E-state index contributed by atoms with van der Waals surface area (Å²) in [5, 5.41) is 26.3. The first kappa shape index (κ1) is 57.5. The number of halogens is 1. The van der Waals surface area contributed by atoms with Crippen LogP contribution in [0.1, 0.15) is 105 Å². The van der Waals surface area contributed by atoms with Gasteiger partial charge < -0.3 is 54.7 Å². The van der Waals surface area contributed by atoms with E-state index in [-0.39, 0.29) is 40.8 Å². The number of anilines is 1. The summed E-state index contributed by atoms with van der Waals surface area (Å²) in [5.41, 5.74) is 4.46. The number of alkyl carbamates (subject to hydrolysis) is 1. The molecule has 21 heteroatoms. The summed E-state index contributed by atoms with van der Waals surface area (Å²) in [5.74, 6) is -2.10. The SMILES string of the molecule is COc1cc2cc(c1Cl)N(C)C(=O)C[C@H](OC(=O)[C@H](C)N(C)C(=O)CCC(C)(C)SSCCCC(=O)NCCCC[C@H](N)C(=O)O)[C@]1(C)O[C@H]1[C@H](C)[C@@H]1C[C@@](O)(NC(=O)O1)[C@H](OC)/C=C/C=C(\C)C2. The molecule has 69 heavy (non-hydrogen) atoms. The molecule has 3 heterocycles. The monoisotopic (exact) mass is 1030 g/mol. The van der Waals surface area contributed by atoms with Gasteiger partial charge in [-0.05, 0) is 90.8 Å². The molecule has 2 fully saturated rings. The van der Waals surface area contributed by atoms with E-state index < -0.39 is 77.7 Å². The first-order chi connectivity index (χ1) is 32.4. The molecule has 18 nitrogen and oxygen atoms in total. The Morgan fingerprint density at radius 3 is 2.54 bits per heavy atom. The van der Waals surface area contributed by atoms with Gasteiger partial charge in [-0.2, -0.15) is 0 Å². The van der Waals surface area contributed by atoms with Crippen molar-refractivity contribution in [1.29, 1.82) is 0 Å². The maximum absolute atomic E-state index is 14.3. The van der Waals surface area contributed by atoms with E-state index in [2.05, 4.69) is 10.6 Å². The van der Waals surface area contributed by atoms with Crippen LogP contribution in [-0.4, -0.2) is 144 Å². The molecule has 0 unspecified atom stereocenters. The Hall–Kier alpha value is -4.05. The van der Waals surface area contributed by atoms with Gasteiger partial charge in [0.1, 0.15) is 46.8 Å². The minimum Gasteiger partial charge on any atom is -0.495 e. The summed E-state index contributed by atoms with van der Waals surface area (Å²) in [6.07, 6.45) is 3.92. The van der Waals surface area contributed by atoms with Gasteiger partial charge in [0, 0.05) is 63.4 Å². The lowest BCUT2D eigenvalue weighted by Gasteiger charge is -2.42. The van der Waals surface area contributed by atoms with Crippen molar-refractivity contribution in [2.24, 2.45) is 11.7 Å². The smallest absolute Gasteiger partial charge is 0.409 e. The predicted octanol–water partition coefficient (Wildman–Crippen LogP) is 5.93. The highest BCUT2D eigenvalue weighted by atomic mass is 35.5. The molecular formula is C48H72ClN5O13S2. The topological polar surface area (TPSA) is 249 Å². The number of esters is 1. The van der Waals surface area contributed by atoms with E-state index in [0.29, 0.717) is 62.9 Å². The second kappa shape index (κ2) is 25.4. The van der Waals surface area contributed by atoms with Gasteiger partial charge in [0.05, 0.1) is 25.3 Å². The molecule has 0 saturated carbocycles. The quantitative estimate of drug-likeness (QED) is 0.0439. The number of amides is 4. The van der Waals surface area contributed by atoms with Gasteiger partial charge in [-0.3, -0.25) is 24.5 Å². The Morgan fingerprint density at radius 2 is 1.87 bits per heavy atom. The van der Waals surface area contributed by atoms with Crippen molar-refractivity contribution in [3.63, 3.8) is 0 Å². The zero-order chi connectivity index (χ0) is 51.4. The molecule has 3 aliphatic heterocycles. The van der Waals surface area contributed by atoms with E-state index in [9.17, 15) is 33.9 Å². The molecule has 0 aliphatic carbocycles. The van der Waals surface area contributed by atoms with Crippen LogP contribution in [0.5, 0.6) is 5.75 Å². The van der Waals surface area contributed by atoms with Crippen LogP contribution in [0, 0.1) is 5.92 Å². The Labute approximate surface area is 418 Å². The van der Waals surface area contributed by atoms with Crippen LogP contribution in [0.25, 0.3) is 0 Å². The average Bonchev–Trinajstić information content (AvgIpc) is 3.99. The molecule has 0 spiro atoms. The lowest BCUT2D eigenvalue weighted by molar-refractivity contribution is -0.162. The molecule has 4 amide bonds. The summed E-state index contributed by atoms with van der Waals surface area (Å²) in [6, 6.07) is 1.62. The fraction of sp³-hybridized carbons (Fsp3) is 0.667. The molecule has 2 saturated heterocycles. The number of aliphatic carboxylic acids is 1. The molecule has 6 N–H and O–H groups in total. The largest absolute Gasteiger partial charge is 0.495 e. The molecule has 0 aromatic heterocycles. The Balaban J connectivity index is 1.44. The number of carbonyl (C=O) groups excluding carboxylic acids is 5. The lowest BCUT2D eigenvalue weighted by atomic mass is 9.83. The average molecular weight is 1030 g/mol. The third-order valence-electron chi connectivity index (χ3n) is 13.0. The van der Waals surface area contributed by atoms with Crippen molar-refractivity contribution < 1.29 is 62.7 Å². The minimum absolute atomic E-state index is 0.0688. The van der Waals surface area contributed by atoms with Crippen LogP contribution in [-0.2, 0) is 49.3 Å². The van der Waals surface area contributed by atoms with Gasteiger partial charge in [0.25, 0.3) is 0 Å². The summed E-state index contributed by atoms with van der Waals surface area (Å²) < 4.78 is 29.2. The van der Waals surface area contributed by atoms with Gasteiger partial charge in [0.2, 0.25) is 17.7 Å². The number of rotatable bonds is 20. The first-order valence-corrected chi connectivity index (χ1v) is 26.0. The number of carbonyl (C=O) groups is 6. The van der Waals surface area contributed by atoms with E-state index in [0.717, 1.165) is 16.9 Å². The number of carboxylic acid groups (broad SMARTS) is 1. The van der Waals surface area contributed by atoms with E-state index in [1.165, 1.54) is 31.1 Å². The number of aliphatic hydroxyl groups is 1.